The van der Waals surface area contributed by atoms with Crippen molar-refractivity contribution < 1.29 is 9.72 Å². The Bertz CT molecular complexity index is 527. The summed E-state index contributed by atoms with van der Waals surface area (Å²) in [4.78, 5) is 22.7. The standard InChI is InChI=1S/C16H25N3O3/c1-11(2)6-5-7-13-8-9-15(19(21)22)14(10-13)16(20)18-17-12(3)4/h8-12,17H,5-7H2,1-4H3,(H,18,20). The minimum atomic E-state index is -0.526. The molecule has 2 N–H and O–H groups in total. The van der Waals surface area contributed by atoms with Crippen molar-refractivity contribution in [2.45, 2.75) is 53.0 Å². The fourth-order valence-electron chi connectivity index (χ4n) is 2.07. The summed E-state index contributed by atoms with van der Waals surface area (Å²) in [6, 6.07) is 4.81. The highest BCUT2D eigenvalue weighted by atomic mass is 16.6. The average Bonchev–Trinajstić information content (AvgIpc) is 2.43. The molecule has 0 aromatic heterocycles. The predicted molar refractivity (Wildman–Crippen MR) is 86.6 cm³/mol. The molecule has 22 heavy (non-hydrogen) atoms. The van der Waals surface area contributed by atoms with E-state index in [1.807, 2.05) is 13.8 Å². The minimum Gasteiger partial charge on any atom is -0.287 e. The van der Waals surface area contributed by atoms with Crippen LogP contribution in [0.2, 0.25) is 0 Å². The number of nitro benzene ring substituents is 1. The average molecular weight is 307 g/mol. The van der Waals surface area contributed by atoms with Crippen molar-refractivity contribution in [1.82, 2.24) is 10.9 Å². The lowest BCUT2D eigenvalue weighted by atomic mass is 10.00. The smallest absolute Gasteiger partial charge is 0.282 e. The van der Waals surface area contributed by atoms with Gasteiger partial charge in [-0.05, 0) is 44.2 Å². The number of benzene rings is 1. The van der Waals surface area contributed by atoms with Gasteiger partial charge in [-0.1, -0.05) is 26.3 Å². The normalized spacial score (nSPS) is 11.0. The van der Waals surface area contributed by atoms with Gasteiger partial charge in [0.1, 0.15) is 5.56 Å². The maximum Gasteiger partial charge on any atom is 0.282 e. The van der Waals surface area contributed by atoms with Gasteiger partial charge in [0.25, 0.3) is 11.6 Å². The molecule has 0 radical (unpaired) electrons. The first-order valence-corrected chi connectivity index (χ1v) is 7.64. The molecule has 0 atom stereocenters. The van der Waals surface area contributed by atoms with Crippen LogP contribution in [0.15, 0.2) is 18.2 Å². The molecule has 0 saturated carbocycles. The zero-order valence-corrected chi connectivity index (χ0v) is 13.7. The number of rotatable bonds is 8. The number of hydrazine groups is 1. The molecule has 0 saturated heterocycles. The lowest BCUT2D eigenvalue weighted by Gasteiger charge is -2.11. The fraction of sp³-hybridized carbons (Fsp3) is 0.562. The molecule has 6 heteroatoms. The van der Waals surface area contributed by atoms with Gasteiger partial charge in [0.2, 0.25) is 0 Å². The zero-order valence-electron chi connectivity index (χ0n) is 13.7. The highest BCUT2D eigenvalue weighted by Gasteiger charge is 2.20. The summed E-state index contributed by atoms with van der Waals surface area (Å²) in [6.45, 7) is 8.06. The van der Waals surface area contributed by atoms with Gasteiger partial charge in [-0.25, -0.2) is 5.43 Å². The topological polar surface area (TPSA) is 84.3 Å². The van der Waals surface area contributed by atoms with Crippen LogP contribution in [0.4, 0.5) is 5.69 Å². The number of carbonyl (C=O) groups is 1. The van der Waals surface area contributed by atoms with E-state index in [4.69, 9.17) is 0 Å². The third-order valence-corrected chi connectivity index (χ3v) is 3.22. The first-order valence-electron chi connectivity index (χ1n) is 7.64. The van der Waals surface area contributed by atoms with Gasteiger partial charge in [-0.15, -0.1) is 0 Å². The summed E-state index contributed by atoms with van der Waals surface area (Å²) in [5.74, 6) is 0.141. The van der Waals surface area contributed by atoms with Crippen molar-refractivity contribution in [3.63, 3.8) is 0 Å². The molecule has 0 unspecified atom stereocenters. The first kappa shape index (κ1) is 18.1. The van der Waals surface area contributed by atoms with Crippen molar-refractivity contribution in [1.29, 1.82) is 0 Å². The second-order valence-corrected chi connectivity index (χ2v) is 6.15. The van der Waals surface area contributed by atoms with Crippen LogP contribution in [0.1, 0.15) is 56.5 Å². The number of nitrogens with zero attached hydrogens (tertiary/aromatic N) is 1. The Kier molecular flexibility index (Phi) is 6.98. The van der Waals surface area contributed by atoms with Crippen molar-refractivity contribution in [2.75, 3.05) is 0 Å². The minimum absolute atomic E-state index is 0.0530. The lowest BCUT2D eigenvalue weighted by molar-refractivity contribution is -0.385. The molecule has 1 amide bonds. The SMILES string of the molecule is CC(C)CCCc1ccc([N+](=O)[O-])c(C(=O)NNC(C)C)c1. The van der Waals surface area contributed by atoms with E-state index in [0.717, 1.165) is 24.8 Å². The fourth-order valence-corrected chi connectivity index (χ4v) is 2.07. The highest BCUT2D eigenvalue weighted by Crippen LogP contribution is 2.21. The van der Waals surface area contributed by atoms with Gasteiger partial charge in [0, 0.05) is 12.1 Å². The second-order valence-electron chi connectivity index (χ2n) is 6.15. The van der Waals surface area contributed by atoms with E-state index in [1.165, 1.54) is 6.07 Å². The molecule has 0 aliphatic carbocycles. The van der Waals surface area contributed by atoms with Crippen molar-refractivity contribution in [3.05, 3.63) is 39.4 Å². The summed E-state index contributed by atoms with van der Waals surface area (Å²) in [7, 11) is 0. The largest absolute Gasteiger partial charge is 0.287 e. The molecule has 1 aromatic rings. The number of aryl methyl sites for hydroxylation is 1. The van der Waals surface area contributed by atoms with Crippen LogP contribution >= 0.6 is 0 Å². The number of amides is 1. The van der Waals surface area contributed by atoms with Crippen molar-refractivity contribution >= 4 is 11.6 Å². The summed E-state index contributed by atoms with van der Waals surface area (Å²) in [5, 5.41) is 11.1. The molecule has 0 spiro atoms. The van der Waals surface area contributed by atoms with Gasteiger partial charge < -0.3 is 0 Å². The Balaban J connectivity index is 2.90. The summed E-state index contributed by atoms with van der Waals surface area (Å²) < 4.78 is 0. The summed E-state index contributed by atoms with van der Waals surface area (Å²) >= 11 is 0. The van der Waals surface area contributed by atoms with Crippen molar-refractivity contribution in [3.8, 4) is 0 Å². The third-order valence-electron chi connectivity index (χ3n) is 3.22. The Labute approximate surface area is 131 Å². The Morgan fingerprint density at radius 3 is 2.50 bits per heavy atom. The van der Waals surface area contributed by atoms with Crippen LogP contribution in [-0.4, -0.2) is 16.9 Å². The van der Waals surface area contributed by atoms with Crippen LogP contribution in [0.5, 0.6) is 0 Å². The van der Waals surface area contributed by atoms with E-state index in [9.17, 15) is 14.9 Å². The first-order chi connectivity index (χ1) is 10.3. The number of carbonyl (C=O) groups excluding carboxylic acids is 1. The maximum atomic E-state index is 12.1. The Hall–Kier alpha value is -1.95. The molecular weight excluding hydrogens is 282 g/mol. The quantitative estimate of drug-likeness (QED) is 0.570. The molecule has 0 fully saturated rings. The Morgan fingerprint density at radius 1 is 1.27 bits per heavy atom. The molecule has 1 aromatic carbocycles. The van der Waals surface area contributed by atoms with Gasteiger partial charge in [0.05, 0.1) is 4.92 Å². The molecule has 122 valence electrons. The van der Waals surface area contributed by atoms with Crippen LogP contribution in [0, 0.1) is 16.0 Å². The molecule has 0 heterocycles. The van der Waals surface area contributed by atoms with Crippen LogP contribution in [0.25, 0.3) is 0 Å². The van der Waals surface area contributed by atoms with Crippen LogP contribution < -0.4 is 10.9 Å². The summed E-state index contributed by atoms with van der Waals surface area (Å²) in [6.07, 6.45) is 2.91. The maximum absolute atomic E-state index is 12.1. The molecule has 0 aliphatic heterocycles. The lowest BCUT2D eigenvalue weighted by Crippen LogP contribution is -2.41. The van der Waals surface area contributed by atoms with E-state index in [1.54, 1.807) is 12.1 Å². The van der Waals surface area contributed by atoms with Crippen LogP contribution in [0.3, 0.4) is 0 Å². The van der Waals surface area contributed by atoms with E-state index in [-0.39, 0.29) is 17.3 Å². The molecule has 0 aliphatic rings. The molecule has 1 rings (SSSR count). The Morgan fingerprint density at radius 2 is 1.95 bits per heavy atom. The van der Waals surface area contributed by atoms with Crippen molar-refractivity contribution in [2.24, 2.45) is 5.92 Å². The molecule has 0 bridgehead atoms. The monoisotopic (exact) mass is 307 g/mol. The van der Waals surface area contributed by atoms with E-state index >= 15 is 0 Å². The summed E-state index contributed by atoms with van der Waals surface area (Å²) in [5.41, 5.74) is 6.14. The van der Waals surface area contributed by atoms with Gasteiger partial charge in [-0.3, -0.25) is 20.3 Å². The number of nitro groups is 1. The zero-order chi connectivity index (χ0) is 16.7. The predicted octanol–water partition coefficient (Wildman–Crippen LogP) is 3.22. The number of nitrogens with one attached hydrogen (secondary N) is 2. The highest BCUT2D eigenvalue weighted by molar-refractivity contribution is 5.98. The van der Waals surface area contributed by atoms with E-state index < -0.39 is 10.8 Å². The van der Waals surface area contributed by atoms with Crippen LogP contribution in [-0.2, 0) is 6.42 Å². The molecule has 6 nitrogen and oxygen atoms in total. The van der Waals surface area contributed by atoms with E-state index in [0.29, 0.717) is 5.92 Å². The van der Waals surface area contributed by atoms with E-state index in [2.05, 4.69) is 24.7 Å². The number of hydrogen-bond donors (Lipinski definition) is 2. The molecular formula is C16H25N3O3. The third kappa shape index (κ3) is 5.81. The second kappa shape index (κ2) is 8.48. The van der Waals surface area contributed by atoms with Gasteiger partial charge in [0.15, 0.2) is 0 Å². The number of hydrogen-bond acceptors (Lipinski definition) is 4. The van der Waals surface area contributed by atoms with Gasteiger partial charge in [-0.2, -0.15) is 0 Å². The van der Waals surface area contributed by atoms with Gasteiger partial charge >= 0.3 is 0 Å².